The van der Waals surface area contributed by atoms with Crippen LogP contribution in [0.15, 0.2) is 59.6 Å². The van der Waals surface area contributed by atoms with E-state index in [0.29, 0.717) is 36.4 Å². The maximum atomic E-state index is 12.8. The number of benzene rings is 3. The number of hydrogen-bond acceptors (Lipinski definition) is 5. The maximum absolute atomic E-state index is 12.8. The summed E-state index contributed by atoms with van der Waals surface area (Å²) in [6.07, 6.45) is 2.24. The van der Waals surface area contributed by atoms with E-state index in [-0.39, 0.29) is 17.6 Å². The lowest BCUT2D eigenvalue weighted by Crippen LogP contribution is -2.41. The van der Waals surface area contributed by atoms with Crippen molar-refractivity contribution in [1.29, 1.82) is 0 Å². The second-order valence-electron chi connectivity index (χ2n) is 6.79. The zero-order chi connectivity index (χ0) is 20.4. The van der Waals surface area contributed by atoms with Gasteiger partial charge >= 0.3 is 0 Å². The van der Waals surface area contributed by atoms with Crippen molar-refractivity contribution in [3.63, 3.8) is 0 Å². The van der Waals surface area contributed by atoms with Crippen LogP contribution < -0.4 is 4.74 Å². The van der Waals surface area contributed by atoms with Gasteiger partial charge in [0.25, 0.3) is 11.8 Å². The number of rotatable bonds is 6. The van der Waals surface area contributed by atoms with Crippen LogP contribution in [-0.4, -0.2) is 48.2 Å². The molecule has 1 aliphatic heterocycles. The predicted molar refractivity (Wildman–Crippen MR) is 111 cm³/mol. The fraction of sp³-hybridized carbons (Fsp3) is 0.174. The number of aliphatic imine (C=N–C) groups is 1. The predicted octanol–water partition coefficient (Wildman–Crippen LogP) is 3.66. The first kappa shape index (κ1) is 18.7. The van der Waals surface area contributed by atoms with Gasteiger partial charge in [0, 0.05) is 35.8 Å². The summed E-state index contributed by atoms with van der Waals surface area (Å²) in [4.78, 5) is 31.3. The fourth-order valence-corrected chi connectivity index (χ4v) is 3.55. The molecule has 3 aromatic rings. The minimum absolute atomic E-state index is 0.0714. The van der Waals surface area contributed by atoms with Gasteiger partial charge in [-0.3, -0.25) is 19.5 Å². The quantitative estimate of drug-likeness (QED) is 0.397. The Labute approximate surface area is 168 Å². The van der Waals surface area contributed by atoms with Gasteiger partial charge in [0.2, 0.25) is 0 Å². The molecule has 4 rings (SSSR count). The largest absolute Gasteiger partial charge is 0.504 e. The monoisotopic (exact) mass is 388 g/mol. The van der Waals surface area contributed by atoms with Gasteiger partial charge in [0.1, 0.15) is 0 Å². The first-order valence-electron chi connectivity index (χ1n) is 9.35. The fourth-order valence-electron chi connectivity index (χ4n) is 3.55. The molecule has 1 aliphatic rings. The summed E-state index contributed by atoms with van der Waals surface area (Å²) in [6, 6.07) is 16.0. The third-order valence-corrected chi connectivity index (χ3v) is 4.97. The molecule has 1 N–H and O–H groups in total. The molecular formula is C23H20N2O4. The first-order chi connectivity index (χ1) is 14.1. The SMILES string of the molecule is COc1cc(C=NCCCN2C(=O)c3cccc4cccc(c34)C2=O)ccc1O. The molecule has 2 amide bonds. The van der Waals surface area contributed by atoms with E-state index in [1.165, 1.54) is 12.0 Å². The summed E-state index contributed by atoms with van der Waals surface area (Å²) in [5, 5.41) is 11.3. The standard InChI is InChI=1S/C23H20N2O4/c1-29-20-13-15(9-10-19(20)26)14-24-11-4-12-25-22(27)17-7-2-5-16-6-3-8-18(21(16)17)23(25)28/h2-3,5-10,13-14,26H,4,11-12H2,1H3. The summed E-state index contributed by atoms with van der Waals surface area (Å²) >= 11 is 0. The van der Waals surface area contributed by atoms with Crippen LogP contribution in [0.5, 0.6) is 11.5 Å². The minimum atomic E-state index is -0.258. The molecule has 146 valence electrons. The molecular weight excluding hydrogens is 368 g/mol. The van der Waals surface area contributed by atoms with Gasteiger partial charge in [-0.1, -0.05) is 24.3 Å². The topological polar surface area (TPSA) is 79.2 Å². The van der Waals surface area contributed by atoms with Gasteiger partial charge in [-0.25, -0.2) is 0 Å². The number of phenolic OH excluding ortho intramolecular Hbond substituents is 1. The number of carbonyl (C=O) groups excluding carboxylic acids is 2. The van der Waals surface area contributed by atoms with Crippen molar-refractivity contribution < 1.29 is 19.4 Å². The lowest BCUT2D eigenvalue weighted by atomic mass is 9.94. The number of aromatic hydroxyl groups is 1. The van der Waals surface area contributed by atoms with Crippen molar-refractivity contribution >= 4 is 28.8 Å². The summed E-state index contributed by atoms with van der Waals surface area (Å²) in [7, 11) is 1.49. The molecule has 0 spiro atoms. The van der Waals surface area contributed by atoms with Gasteiger partial charge in [-0.2, -0.15) is 0 Å². The van der Waals surface area contributed by atoms with Gasteiger partial charge in [0.15, 0.2) is 11.5 Å². The lowest BCUT2D eigenvalue weighted by molar-refractivity contribution is 0.0610. The molecule has 0 unspecified atom stereocenters. The second kappa shape index (κ2) is 7.75. The molecule has 0 bridgehead atoms. The van der Waals surface area contributed by atoms with E-state index in [1.54, 1.807) is 36.5 Å². The van der Waals surface area contributed by atoms with E-state index in [2.05, 4.69) is 4.99 Å². The number of nitrogens with zero attached hydrogens (tertiary/aromatic N) is 2. The smallest absolute Gasteiger partial charge is 0.261 e. The van der Waals surface area contributed by atoms with Crippen LogP contribution in [0.2, 0.25) is 0 Å². The number of hydrogen-bond donors (Lipinski definition) is 1. The van der Waals surface area contributed by atoms with Crippen LogP contribution in [-0.2, 0) is 0 Å². The molecule has 1 heterocycles. The summed E-state index contributed by atoms with van der Waals surface area (Å²) in [5.74, 6) is -0.0634. The molecule has 0 fully saturated rings. The maximum Gasteiger partial charge on any atom is 0.261 e. The summed E-state index contributed by atoms with van der Waals surface area (Å²) < 4.78 is 5.08. The Bertz CT molecular complexity index is 1090. The van der Waals surface area contributed by atoms with Crippen molar-refractivity contribution in [2.45, 2.75) is 6.42 Å². The van der Waals surface area contributed by atoms with Crippen LogP contribution in [0, 0.1) is 0 Å². The number of ether oxygens (including phenoxy) is 1. The van der Waals surface area contributed by atoms with Gasteiger partial charge in [0.05, 0.1) is 7.11 Å². The highest BCUT2D eigenvalue weighted by Gasteiger charge is 2.31. The van der Waals surface area contributed by atoms with Gasteiger partial charge < -0.3 is 9.84 Å². The Morgan fingerprint density at radius 3 is 2.38 bits per heavy atom. The first-order valence-corrected chi connectivity index (χ1v) is 9.35. The number of imide groups is 1. The molecule has 0 aliphatic carbocycles. The summed E-state index contributed by atoms with van der Waals surface area (Å²) in [5.41, 5.74) is 1.93. The molecule has 29 heavy (non-hydrogen) atoms. The van der Waals surface area contributed by atoms with Crippen LogP contribution in [0.1, 0.15) is 32.7 Å². The van der Waals surface area contributed by atoms with Gasteiger partial charge in [-0.05, 0) is 47.7 Å². The van der Waals surface area contributed by atoms with Gasteiger partial charge in [-0.15, -0.1) is 0 Å². The molecule has 6 nitrogen and oxygen atoms in total. The number of methoxy groups -OCH3 is 1. The Balaban J connectivity index is 1.43. The van der Waals surface area contributed by atoms with E-state index in [1.807, 2.05) is 24.3 Å². The van der Waals surface area contributed by atoms with E-state index < -0.39 is 0 Å². The van der Waals surface area contributed by atoms with E-state index in [4.69, 9.17) is 4.74 Å². The third kappa shape index (κ3) is 3.45. The number of amides is 2. The van der Waals surface area contributed by atoms with E-state index >= 15 is 0 Å². The highest BCUT2D eigenvalue weighted by atomic mass is 16.5. The number of carbonyl (C=O) groups is 2. The van der Waals surface area contributed by atoms with Crippen molar-refractivity contribution in [2.75, 3.05) is 20.2 Å². The Morgan fingerprint density at radius 2 is 1.72 bits per heavy atom. The minimum Gasteiger partial charge on any atom is -0.504 e. The van der Waals surface area contributed by atoms with Crippen molar-refractivity contribution in [2.24, 2.45) is 4.99 Å². The normalized spacial score (nSPS) is 13.5. The van der Waals surface area contributed by atoms with Crippen LogP contribution >= 0.6 is 0 Å². The molecule has 0 saturated heterocycles. The molecule has 3 aromatic carbocycles. The molecule has 0 radical (unpaired) electrons. The molecule has 6 heteroatoms. The van der Waals surface area contributed by atoms with Crippen LogP contribution in [0.25, 0.3) is 10.8 Å². The lowest BCUT2D eigenvalue weighted by Gasteiger charge is -2.27. The highest BCUT2D eigenvalue weighted by molar-refractivity contribution is 6.25. The number of phenols is 1. The third-order valence-electron chi connectivity index (χ3n) is 4.97. The zero-order valence-corrected chi connectivity index (χ0v) is 16.0. The average molecular weight is 388 g/mol. The van der Waals surface area contributed by atoms with Crippen LogP contribution in [0.4, 0.5) is 0 Å². The van der Waals surface area contributed by atoms with E-state index in [0.717, 1.165) is 16.3 Å². The molecule has 0 aromatic heterocycles. The van der Waals surface area contributed by atoms with Crippen molar-refractivity contribution in [3.8, 4) is 11.5 Å². The Morgan fingerprint density at radius 1 is 1.03 bits per heavy atom. The van der Waals surface area contributed by atoms with Crippen molar-refractivity contribution in [1.82, 2.24) is 4.90 Å². The molecule has 0 saturated carbocycles. The summed E-state index contributed by atoms with van der Waals surface area (Å²) in [6.45, 7) is 0.769. The Hall–Kier alpha value is -3.67. The average Bonchev–Trinajstić information content (AvgIpc) is 2.74. The van der Waals surface area contributed by atoms with E-state index in [9.17, 15) is 14.7 Å². The van der Waals surface area contributed by atoms with Crippen LogP contribution in [0.3, 0.4) is 0 Å². The zero-order valence-electron chi connectivity index (χ0n) is 16.0. The molecule has 0 atom stereocenters. The second-order valence-corrected chi connectivity index (χ2v) is 6.79. The van der Waals surface area contributed by atoms with Crippen molar-refractivity contribution in [3.05, 3.63) is 71.3 Å². The highest BCUT2D eigenvalue weighted by Crippen LogP contribution is 2.30. The Kier molecular flexibility index (Phi) is 4.99.